The van der Waals surface area contributed by atoms with E-state index in [1.54, 1.807) is 0 Å². The lowest BCUT2D eigenvalue weighted by atomic mass is 9.93. The van der Waals surface area contributed by atoms with Crippen LogP contribution in [0.4, 0.5) is 8.78 Å². The van der Waals surface area contributed by atoms with Crippen molar-refractivity contribution in [2.24, 2.45) is 0 Å². The van der Waals surface area contributed by atoms with E-state index in [2.05, 4.69) is 5.32 Å². The first-order valence-corrected chi connectivity index (χ1v) is 6.39. The molecule has 2 nitrogen and oxygen atoms in total. The molecule has 2 rings (SSSR count). The minimum atomic E-state index is -2.64. The molecule has 1 aromatic rings. The highest BCUT2D eigenvalue weighted by molar-refractivity contribution is 5.47. The summed E-state index contributed by atoms with van der Waals surface area (Å²) in [4.78, 5) is 0. The maximum atomic E-state index is 13.0. The normalized spacial score (nSPS) is 20.0. The standard InChI is InChI=1S/C14H19F2NO/c1-8(2)9-6-10(12-4-3-5-17-12)13(18)11(7-9)14(15)16/h6-8,12,14,17-18H,3-5H2,1-2H3. The van der Waals surface area contributed by atoms with E-state index in [1.807, 2.05) is 19.9 Å². The fraction of sp³-hybridized carbons (Fsp3) is 0.571. The Hall–Kier alpha value is -1.16. The quantitative estimate of drug-likeness (QED) is 0.859. The third-order valence-corrected chi connectivity index (χ3v) is 3.53. The van der Waals surface area contributed by atoms with Crippen molar-refractivity contribution < 1.29 is 13.9 Å². The number of benzene rings is 1. The van der Waals surface area contributed by atoms with Crippen LogP contribution in [0, 0.1) is 0 Å². The minimum Gasteiger partial charge on any atom is -0.507 e. The van der Waals surface area contributed by atoms with Crippen LogP contribution < -0.4 is 5.32 Å². The molecule has 1 aliphatic heterocycles. The Morgan fingerprint density at radius 3 is 2.56 bits per heavy atom. The lowest BCUT2D eigenvalue weighted by molar-refractivity contribution is 0.147. The molecule has 0 saturated carbocycles. The lowest BCUT2D eigenvalue weighted by Gasteiger charge is -2.18. The topological polar surface area (TPSA) is 32.3 Å². The Balaban J connectivity index is 2.49. The number of hydrogen-bond acceptors (Lipinski definition) is 2. The van der Waals surface area contributed by atoms with Crippen LogP contribution >= 0.6 is 0 Å². The summed E-state index contributed by atoms with van der Waals surface area (Å²) in [5.74, 6) is -0.0722. The Bertz CT molecular complexity index is 426. The third-order valence-electron chi connectivity index (χ3n) is 3.53. The molecule has 0 radical (unpaired) electrons. The molecule has 1 saturated heterocycles. The molecule has 2 N–H and O–H groups in total. The number of aromatic hydroxyl groups is 1. The van der Waals surface area contributed by atoms with Crippen molar-refractivity contribution in [3.8, 4) is 5.75 Å². The van der Waals surface area contributed by atoms with E-state index < -0.39 is 6.43 Å². The van der Waals surface area contributed by atoms with Gasteiger partial charge in [-0.3, -0.25) is 0 Å². The zero-order chi connectivity index (χ0) is 13.3. The molecule has 0 aliphatic carbocycles. The van der Waals surface area contributed by atoms with Gasteiger partial charge in [-0.05, 0) is 36.9 Å². The SMILES string of the molecule is CC(C)c1cc(C(F)F)c(O)c(C2CCCN2)c1. The fourth-order valence-electron chi connectivity index (χ4n) is 2.42. The molecule has 0 bridgehead atoms. The maximum Gasteiger partial charge on any atom is 0.267 e. The van der Waals surface area contributed by atoms with Crippen molar-refractivity contribution in [2.45, 2.75) is 45.1 Å². The van der Waals surface area contributed by atoms with Gasteiger partial charge < -0.3 is 10.4 Å². The van der Waals surface area contributed by atoms with Crippen LogP contribution in [0.1, 0.15) is 61.8 Å². The Morgan fingerprint density at radius 2 is 2.06 bits per heavy atom. The number of halogens is 2. The summed E-state index contributed by atoms with van der Waals surface area (Å²) in [6.07, 6.45) is -0.735. The van der Waals surface area contributed by atoms with Crippen molar-refractivity contribution in [3.05, 3.63) is 28.8 Å². The van der Waals surface area contributed by atoms with Crippen LogP contribution in [0.2, 0.25) is 0 Å². The van der Waals surface area contributed by atoms with Crippen molar-refractivity contribution in [3.63, 3.8) is 0 Å². The van der Waals surface area contributed by atoms with E-state index >= 15 is 0 Å². The highest BCUT2D eigenvalue weighted by Crippen LogP contribution is 2.39. The second-order valence-electron chi connectivity index (χ2n) is 5.15. The van der Waals surface area contributed by atoms with Gasteiger partial charge in [0, 0.05) is 11.6 Å². The molecule has 100 valence electrons. The Kier molecular flexibility index (Phi) is 3.85. The summed E-state index contributed by atoms with van der Waals surface area (Å²) in [5, 5.41) is 13.2. The summed E-state index contributed by atoms with van der Waals surface area (Å²) >= 11 is 0. The van der Waals surface area contributed by atoms with Crippen molar-refractivity contribution >= 4 is 0 Å². The van der Waals surface area contributed by atoms with E-state index in [9.17, 15) is 13.9 Å². The van der Waals surface area contributed by atoms with Crippen molar-refractivity contribution in [1.29, 1.82) is 0 Å². The molecule has 1 aliphatic rings. The first-order chi connectivity index (χ1) is 8.50. The van der Waals surface area contributed by atoms with E-state index in [0.717, 1.165) is 24.9 Å². The summed E-state index contributed by atoms with van der Waals surface area (Å²) in [6.45, 7) is 4.81. The van der Waals surface area contributed by atoms with Crippen LogP contribution in [0.5, 0.6) is 5.75 Å². The zero-order valence-corrected chi connectivity index (χ0v) is 10.7. The van der Waals surface area contributed by atoms with Crippen LogP contribution in [0.3, 0.4) is 0 Å². The molecule has 1 fully saturated rings. The second kappa shape index (κ2) is 5.22. The van der Waals surface area contributed by atoms with Gasteiger partial charge in [-0.2, -0.15) is 0 Å². The molecule has 1 aromatic carbocycles. The maximum absolute atomic E-state index is 13.0. The monoisotopic (exact) mass is 255 g/mol. The first-order valence-electron chi connectivity index (χ1n) is 6.39. The molecular weight excluding hydrogens is 236 g/mol. The smallest absolute Gasteiger partial charge is 0.267 e. The molecule has 0 spiro atoms. The predicted molar refractivity (Wildman–Crippen MR) is 67.1 cm³/mol. The highest BCUT2D eigenvalue weighted by atomic mass is 19.3. The average molecular weight is 255 g/mol. The average Bonchev–Trinajstić information content (AvgIpc) is 2.81. The lowest BCUT2D eigenvalue weighted by Crippen LogP contribution is -2.14. The first kappa shape index (κ1) is 13.3. The number of phenolic OH excluding ortho intramolecular Hbond substituents is 1. The van der Waals surface area contributed by atoms with Gasteiger partial charge in [-0.1, -0.05) is 19.9 Å². The van der Waals surface area contributed by atoms with E-state index in [-0.39, 0.29) is 23.3 Å². The van der Waals surface area contributed by atoms with Crippen molar-refractivity contribution in [1.82, 2.24) is 5.32 Å². The van der Waals surface area contributed by atoms with Gasteiger partial charge in [0.05, 0.1) is 5.56 Å². The molecule has 4 heteroatoms. The van der Waals surface area contributed by atoms with E-state index in [4.69, 9.17) is 0 Å². The zero-order valence-electron chi connectivity index (χ0n) is 10.7. The summed E-state index contributed by atoms with van der Waals surface area (Å²) in [5.41, 5.74) is 1.23. The van der Waals surface area contributed by atoms with Crippen LogP contribution in [0.15, 0.2) is 12.1 Å². The molecule has 1 atom stereocenters. The summed E-state index contributed by atoms with van der Waals surface area (Å²) in [6, 6.07) is 3.28. The van der Waals surface area contributed by atoms with Gasteiger partial charge in [0.15, 0.2) is 0 Å². The molecule has 0 amide bonds. The van der Waals surface area contributed by atoms with Gasteiger partial charge in [0.2, 0.25) is 0 Å². The van der Waals surface area contributed by atoms with E-state index in [0.29, 0.717) is 5.56 Å². The minimum absolute atomic E-state index is 0.00111. The van der Waals surface area contributed by atoms with Crippen LogP contribution in [-0.2, 0) is 0 Å². The molecule has 18 heavy (non-hydrogen) atoms. The molecule has 1 unspecified atom stereocenters. The highest BCUT2D eigenvalue weighted by Gasteiger charge is 2.25. The largest absolute Gasteiger partial charge is 0.507 e. The second-order valence-corrected chi connectivity index (χ2v) is 5.15. The van der Waals surface area contributed by atoms with Gasteiger partial charge in [-0.25, -0.2) is 8.78 Å². The van der Waals surface area contributed by atoms with Gasteiger partial charge in [0.1, 0.15) is 5.75 Å². The fourth-order valence-corrected chi connectivity index (χ4v) is 2.42. The number of hydrogen-bond donors (Lipinski definition) is 2. The third kappa shape index (κ3) is 2.48. The van der Waals surface area contributed by atoms with Crippen LogP contribution in [-0.4, -0.2) is 11.7 Å². The Labute approximate surface area is 106 Å². The predicted octanol–water partition coefficient (Wildman–Crippen LogP) is 3.88. The van der Waals surface area contributed by atoms with Gasteiger partial charge in [0.25, 0.3) is 6.43 Å². The van der Waals surface area contributed by atoms with E-state index in [1.165, 1.54) is 6.07 Å². The van der Waals surface area contributed by atoms with Crippen LogP contribution in [0.25, 0.3) is 0 Å². The number of alkyl halides is 2. The molecule has 1 heterocycles. The van der Waals surface area contributed by atoms with Gasteiger partial charge >= 0.3 is 0 Å². The van der Waals surface area contributed by atoms with Crippen molar-refractivity contribution in [2.75, 3.05) is 6.54 Å². The van der Waals surface area contributed by atoms with Gasteiger partial charge in [-0.15, -0.1) is 0 Å². The Morgan fingerprint density at radius 1 is 1.33 bits per heavy atom. The molecular formula is C14H19F2NO. The number of rotatable bonds is 3. The summed E-state index contributed by atoms with van der Waals surface area (Å²) in [7, 11) is 0. The summed E-state index contributed by atoms with van der Waals surface area (Å²) < 4.78 is 25.9. The number of phenols is 1. The molecule has 0 aromatic heterocycles. The number of nitrogens with one attached hydrogen (secondary N) is 1.